The van der Waals surface area contributed by atoms with Crippen LogP contribution in [0.2, 0.25) is 0 Å². The van der Waals surface area contributed by atoms with Crippen molar-refractivity contribution >= 4 is 11.8 Å². The van der Waals surface area contributed by atoms with Gasteiger partial charge in [0.25, 0.3) is 11.8 Å². The van der Waals surface area contributed by atoms with E-state index in [0.717, 1.165) is 11.1 Å². The van der Waals surface area contributed by atoms with Crippen LogP contribution in [0.1, 0.15) is 21.5 Å². The van der Waals surface area contributed by atoms with Crippen molar-refractivity contribution in [3.05, 3.63) is 77.9 Å². The number of amides is 2. The Bertz CT molecular complexity index is 907. The summed E-state index contributed by atoms with van der Waals surface area (Å²) >= 11 is 0. The summed E-state index contributed by atoms with van der Waals surface area (Å²) < 4.78 is 7.02. The smallest absolute Gasteiger partial charge is 0.255 e. The zero-order valence-corrected chi connectivity index (χ0v) is 14.5. The van der Waals surface area contributed by atoms with Crippen LogP contribution in [-0.2, 0) is 17.9 Å². The number of ether oxygens (including phenoxy) is 1. The van der Waals surface area contributed by atoms with Gasteiger partial charge in [0.15, 0.2) is 6.61 Å². The Labute approximate surface area is 156 Å². The number of para-hydroxylation sites is 1. The molecule has 27 heavy (non-hydrogen) atoms. The molecule has 3 rings (SSSR count). The molecule has 0 bridgehead atoms. The Morgan fingerprint density at radius 2 is 1.81 bits per heavy atom. The number of nitrogens with one attached hydrogen (secondary N) is 1. The highest BCUT2D eigenvalue weighted by atomic mass is 16.5. The van der Waals surface area contributed by atoms with Gasteiger partial charge in [-0.05, 0) is 23.3 Å². The van der Waals surface area contributed by atoms with Gasteiger partial charge in [-0.25, -0.2) is 9.67 Å². The van der Waals surface area contributed by atoms with Crippen LogP contribution in [0.25, 0.3) is 0 Å². The molecule has 0 saturated carbocycles. The highest BCUT2D eigenvalue weighted by Crippen LogP contribution is 2.18. The summed E-state index contributed by atoms with van der Waals surface area (Å²) in [5.74, 6) is -0.574. The van der Waals surface area contributed by atoms with Gasteiger partial charge in [0, 0.05) is 6.54 Å². The number of carbonyl (C=O) groups is 2. The van der Waals surface area contributed by atoms with Crippen LogP contribution in [0, 0.1) is 0 Å². The Balaban J connectivity index is 1.58. The van der Waals surface area contributed by atoms with Crippen molar-refractivity contribution in [1.29, 1.82) is 0 Å². The maximum absolute atomic E-state index is 12.4. The lowest BCUT2D eigenvalue weighted by atomic mass is 10.1. The lowest BCUT2D eigenvalue weighted by Crippen LogP contribution is -2.25. The molecule has 2 aromatic carbocycles. The minimum atomic E-state index is -0.601. The molecule has 0 unspecified atom stereocenters. The molecule has 1 aromatic heterocycles. The fourth-order valence-electron chi connectivity index (χ4n) is 2.47. The van der Waals surface area contributed by atoms with Crippen LogP contribution >= 0.6 is 0 Å². The normalized spacial score (nSPS) is 10.4. The van der Waals surface area contributed by atoms with E-state index in [1.807, 2.05) is 24.3 Å². The first-order valence-corrected chi connectivity index (χ1v) is 8.30. The zero-order chi connectivity index (χ0) is 19.1. The highest BCUT2D eigenvalue weighted by molar-refractivity contribution is 5.97. The molecule has 0 spiro atoms. The average molecular weight is 365 g/mol. The topological polar surface area (TPSA) is 112 Å². The molecule has 2 amide bonds. The van der Waals surface area contributed by atoms with Crippen LogP contribution in [0.3, 0.4) is 0 Å². The number of nitrogens with zero attached hydrogens (tertiary/aromatic N) is 3. The molecule has 138 valence electrons. The molecule has 0 fully saturated rings. The van der Waals surface area contributed by atoms with E-state index < -0.39 is 5.91 Å². The van der Waals surface area contributed by atoms with Gasteiger partial charge in [-0.15, -0.1) is 0 Å². The van der Waals surface area contributed by atoms with Crippen LogP contribution in [0.5, 0.6) is 5.75 Å². The molecule has 0 aliphatic carbocycles. The van der Waals surface area contributed by atoms with Gasteiger partial charge in [0.2, 0.25) is 0 Å². The first-order valence-electron chi connectivity index (χ1n) is 8.30. The van der Waals surface area contributed by atoms with Gasteiger partial charge in [0.05, 0.1) is 12.1 Å². The van der Waals surface area contributed by atoms with Crippen molar-refractivity contribution in [3.8, 4) is 5.75 Å². The van der Waals surface area contributed by atoms with Gasteiger partial charge < -0.3 is 15.8 Å². The largest absolute Gasteiger partial charge is 0.483 e. The lowest BCUT2D eigenvalue weighted by Gasteiger charge is -2.11. The molecule has 3 aromatic rings. The summed E-state index contributed by atoms with van der Waals surface area (Å²) in [6.45, 7) is 0.724. The standard InChI is InChI=1S/C19H19N5O3/c20-18(25)11-27-17-4-2-1-3-16(17)19(26)22-9-14-5-7-15(8-6-14)10-24-13-21-12-23-24/h1-8,12-13H,9-11H2,(H2,20,25)(H,22,26). The van der Waals surface area contributed by atoms with E-state index in [1.165, 1.54) is 6.33 Å². The second kappa shape index (κ2) is 8.61. The maximum atomic E-state index is 12.4. The third kappa shape index (κ3) is 5.15. The second-order valence-corrected chi connectivity index (χ2v) is 5.84. The molecular formula is C19H19N5O3. The molecular weight excluding hydrogens is 346 g/mol. The minimum absolute atomic E-state index is 0.280. The van der Waals surface area contributed by atoms with Crippen molar-refractivity contribution in [2.45, 2.75) is 13.1 Å². The van der Waals surface area contributed by atoms with Crippen LogP contribution in [0.15, 0.2) is 61.2 Å². The summed E-state index contributed by atoms with van der Waals surface area (Å²) in [5.41, 5.74) is 7.47. The number of hydrogen-bond acceptors (Lipinski definition) is 5. The fraction of sp³-hybridized carbons (Fsp3) is 0.158. The lowest BCUT2D eigenvalue weighted by molar-refractivity contribution is -0.119. The SMILES string of the molecule is NC(=O)COc1ccccc1C(=O)NCc1ccc(Cn2cncn2)cc1. The van der Waals surface area contributed by atoms with Gasteiger partial charge in [0.1, 0.15) is 18.4 Å². The van der Waals surface area contributed by atoms with Gasteiger partial charge in [-0.1, -0.05) is 36.4 Å². The van der Waals surface area contributed by atoms with E-state index in [1.54, 1.807) is 35.3 Å². The fourth-order valence-corrected chi connectivity index (χ4v) is 2.47. The van der Waals surface area contributed by atoms with Gasteiger partial charge in [-0.3, -0.25) is 9.59 Å². The van der Waals surface area contributed by atoms with Crippen LogP contribution in [0.4, 0.5) is 0 Å². The predicted molar refractivity (Wildman–Crippen MR) is 97.9 cm³/mol. The van der Waals surface area contributed by atoms with E-state index in [4.69, 9.17) is 10.5 Å². The molecule has 1 heterocycles. The molecule has 8 nitrogen and oxygen atoms in total. The number of primary amides is 1. The van der Waals surface area contributed by atoms with E-state index in [2.05, 4.69) is 15.4 Å². The van der Waals surface area contributed by atoms with Crippen LogP contribution in [-0.4, -0.2) is 33.2 Å². The number of rotatable bonds is 8. The average Bonchev–Trinajstić information content (AvgIpc) is 3.19. The van der Waals surface area contributed by atoms with E-state index in [9.17, 15) is 9.59 Å². The maximum Gasteiger partial charge on any atom is 0.255 e. The molecule has 8 heteroatoms. The summed E-state index contributed by atoms with van der Waals surface area (Å²) in [6, 6.07) is 14.6. The van der Waals surface area contributed by atoms with Crippen molar-refractivity contribution < 1.29 is 14.3 Å². The van der Waals surface area contributed by atoms with Crippen molar-refractivity contribution in [2.24, 2.45) is 5.73 Å². The Hall–Kier alpha value is -3.68. The first-order chi connectivity index (χ1) is 13.1. The number of hydrogen-bond donors (Lipinski definition) is 2. The summed E-state index contributed by atoms with van der Waals surface area (Å²) in [6.07, 6.45) is 3.15. The quantitative estimate of drug-likeness (QED) is 0.621. The predicted octanol–water partition coefficient (Wildman–Crippen LogP) is 1.12. The third-order valence-corrected chi connectivity index (χ3v) is 3.79. The minimum Gasteiger partial charge on any atom is -0.483 e. The van der Waals surface area contributed by atoms with E-state index in [0.29, 0.717) is 24.4 Å². The molecule has 3 N–H and O–H groups in total. The third-order valence-electron chi connectivity index (χ3n) is 3.79. The van der Waals surface area contributed by atoms with Crippen molar-refractivity contribution in [1.82, 2.24) is 20.1 Å². The Morgan fingerprint density at radius 1 is 1.07 bits per heavy atom. The van der Waals surface area contributed by atoms with E-state index in [-0.39, 0.29) is 12.5 Å². The van der Waals surface area contributed by atoms with Gasteiger partial charge in [-0.2, -0.15) is 5.10 Å². The van der Waals surface area contributed by atoms with E-state index >= 15 is 0 Å². The molecule has 0 aliphatic rings. The van der Waals surface area contributed by atoms with Crippen LogP contribution < -0.4 is 15.8 Å². The number of aromatic nitrogens is 3. The Kier molecular flexibility index (Phi) is 5.78. The molecule has 0 atom stereocenters. The second-order valence-electron chi connectivity index (χ2n) is 5.84. The molecule has 0 aliphatic heterocycles. The molecule has 0 saturated heterocycles. The zero-order valence-electron chi connectivity index (χ0n) is 14.5. The number of nitrogens with two attached hydrogens (primary N) is 1. The number of carbonyl (C=O) groups excluding carboxylic acids is 2. The highest BCUT2D eigenvalue weighted by Gasteiger charge is 2.12. The molecule has 0 radical (unpaired) electrons. The monoisotopic (exact) mass is 365 g/mol. The first kappa shape index (κ1) is 18.1. The van der Waals surface area contributed by atoms with Crippen molar-refractivity contribution in [3.63, 3.8) is 0 Å². The van der Waals surface area contributed by atoms with Crippen molar-refractivity contribution in [2.75, 3.05) is 6.61 Å². The summed E-state index contributed by atoms with van der Waals surface area (Å²) in [7, 11) is 0. The summed E-state index contributed by atoms with van der Waals surface area (Å²) in [4.78, 5) is 27.2. The summed E-state index contributed by atoms with van der Waals surface area (Å²) in [5, 5.41) is 6.91. The number of benzene rings is 2. The van der Waals surface area contributed by atoms with Gasteiger partial charge >= 0.3 is 0 Å². The Morgan fingerprint density at radius 3 is 2.52 bits per heavy atom.